The van der Waals surface area contributed by atoms with E-state index in [9.17, 15) is 4.79 Å². The molecule has 1 aromatic heterocycles. The molecule has 0 spiro atoms. The molecule has 0 bridgehead atoms. The van der Waals surface area contributed by atoms with Crippen LogP contribution < -0.4 is 10.1 Å². The topological polar surface area (TPSA) is 51.2 Å². The van der Waals surface area contributed by atoms with Crippen molar-refractivity contribution in [1.29, 1.82) is 0 Å². The maximum atomic E-state index is 11.7. The second-order valence-corrected chi connectivity index (χ2v) is 5.19. The molecule has 0 aliphatic heterocycles. The first-order valence-corrected chi connectivity index (χ1v) is 7.04. The summed E-state index contributed by atoms with van der Waals surface area (Å²) < 4.78 is 5.57. The van der Waals surface area contributed by atoms with Crippen LogP contribution in [0.1, 0.15) is 17.5 Å². The van der Waals surface area contributed by atoms with Gasteiger partial charge in [0.05, 0.1) is 18.1 Å². The van der Waals surface area contributed by atoms with Gasteiger partial charge in [0.2, 0.25) is 5.91 Å². The number of anilines is 1. The van der Waals surface area contributed by atoms with Crippen molar-refractivity contribution in [2.75, 3.05) is 11.9 Å². The number of aryl methyl sites for hydroxylation is 2. The van der Waals surface area contributed by atoms with Gasteiger partial charge in [0.15, 0.2) is 0 Å². The summed E-state index contributed by atoms with van der Waals surface area (Å²) >= 11 is 5.73. The number of pyridine rings is 1. The van der Waals surface area contributed by atoms with E-state index in [2.05, 4.69) is 10.3 Å². The summed E-state index contributed by atoms with van der Waals surface area (Å²) in [6.45, 7) is 4.40. The summed E-state index contributed by atoms with van der Waals surface area (Å²) in [7, 11) is 0. The van der Waals surface area contributed by atoms with E-state index in [1.807, 2.05) is 32.0 Å². The van der Waals surface area contributed by atoms with E-state index < -0.39 is 0 Å². The predicted molar refractivity (Wildman–Crippen MR) is 83.9 cm³/mol. The number of carbonyl (C=O) groups excluding carboxylic acids is 1. The molecule has 1 aromatic carbocycles. The highest BCUT2D eigenvalue weighted by atomic mass is 35.5. The lowest BCUT2D eigenvalue weighted by molar-refractivity contribution is -0.116. The van der Waals surface area contributed by atoms with Gasteiger partial charge in [-0.05, 0) is 49.2 Å². The minimum atomic E-state index is -0.145. The number of ether oxygens (including phenoxy) is 1. The third-order valence-corrected chi connectivity index (χ3v) is 3.29. The van der Waals surface area contributed by atoms with Gasteiger partial charge in [-0.3, -0.25) is 4.79 Å². The van der Waals surface area contributed by atoms with E-state index >= 15 is 0 Å². The van der Waals surface area contributed by atoms with Crippen molar-refractivity contribution in [3.63, 3.8) is 0 Å². The summed E-state index contributed by atoms with van der Waals surface area (Å²) in [6, 6.07) is 9.21. The first-order valence-electron chi connectivity index (χ1n) is 6.66. The van der Waals surface area contributed by atoms with Gasteiger partial charge in [-0.2, -0.15) is 0 Å². The molecular formula is C16H17ClN2O2. The molecule has 0 atom stereocenters. The Kier molecular flexibility index (Phi) is 5.17. The molecule has 1 amide bonds. The molecule has 2 aromatic rings. The Morgan fingerprint density at radius 3 is 2.71 bits per heavy atom. The number of halogens is 1. The van der Waals surface area contributed by atoms with Crippen molar-refractivity contribution in [3.05, 3.63) is 52.7 Å². The van der Waals surface area contributed by atoms with E-state index in [1.165, 1.54) is 17.3 Å². The number of aromatic nitrogens is 1. The molecule has 5 heteroatoms. The smallest absolute Gasteiger partial charge is 0.228 e. The van der Waals surface area contributed by atoms with E-state index in [0.717, 1.165) is 5.75 Å². The largest absolute Gasteiger partial charge is 0.493 e. The molecule has 0 saturated carbocycles. The Balaban J connectivity index is 1.78. The maximum absolute atomic E-state index is 11.7. The molecule has 0 unspecified atom stereocenters. The van der Waals surface area contributed by atoms with Crippen LogP contribution in [-0.2, 0) is 4.79 Å². The highest BCUT2D eigenvalue weighted by Gasteiger charge is 2.04. The van der Waals surface area contributed by atoms with Crippen molar-refractivity contribution in [2.24, 2.45) is 0 Å². The molecule has 4 nitrogen and oxygen atoms in total. The van der Waals surface area contributed by atoms with Crippen LogP contribution in [-0.4, -0.2) is 17.5 Å². The number of carbonyl (C=O) groups is 1. The van der Waals surface area contributed by atoms with Gasteiger partial charge < -0.3 is 10.1 Å². The number of hydrogen-bond donors (Lipinski definition) is 1. The Labute approximate surface area is 129 Å². The number of amides is 1. The van der Waals surface area contributed by atoms with Crippen molar-refractivity contribution in [3.8, 4) is 5.75 Å². The fourth-order valence-electron chi connectivity index (χ4n) is 1.72. The predicted octanol–water partition coefficient (Wildman–Crippen LogP) is 3.76. The fraction of sp³-hybridized carbons (Fsp3) is 0.250. The normalized spacial score (nSPS) is 10.2. The Bertz CT molecular complexity index is 627. The van der Waals surface area contributed by atoms with Crippen molar-refractivity contribution in [1.82, 2.24) is 4.98 Å². The van der Waals surface area contributed by atoms with Gasteiger partial charge in [-0.1, -0.05) is 17.7 Å². The Hall–Kier alpha value is -2.07. The molecule has 21 heavy (non-hydrogen) atoms. The molecule has 1 N–H and O–H groups in total. The summed E-state index contributed by atoms with van der Waals surface area (Å²) in [5.41, 5.74) is 2.39. The molecule has 1 heterocycles. The van der Waals surface area contributed by atoms with Gasteiger partial charge >= 0.3 is 0 Å². The highest BCUT2D eigenvalue weighted by molar-refractivity contribution is 6.30. The van der Waals surface area contributed by atoms with Crippen LogP contribution in [0, 0.1) is 13.8 Å². The van der Waals surface area contributed by atoms with E-state index in [4.69, 9.17) is 16.3 Å². The minimum absolute atomic E-state index is 0.145. The lowest BCUT2D eigenvalue weighted by atomic mass is 10.1. The third kappa shape index (κ3) is 4.76. The number of benzene rings is 1. The SMILES string of the molecule is Cc1ccc(OCCC(=O)Nc2ccc(Cl)cn2)cc1C. The van der Waals surface area contributed by atoms with Crippen LogP contribution in [0.5, 0.6) is 5.75 Å². The monoisotopic (exact) mass is 304 g/mol. The zero-order valence-corrected chi connectivity index (χ0v) is 12.8. The zero-order valence-electron chi connectivity index (χ0n) is 12.0. The summed E-state index contributed by atoms with van der Waals surface area (Å²) in [6.07, 6.45) is 1.75. The molecule has 0 aliphatic rings. The second-order valence-electron chi connectivity index (χ2n) is 4.75. The van der Waals surface area contributed by atoms with Crippen LogP contribution in [0.4, 0.5) is 5.82 Å². The Morgan fingerprint density at radius 1 is 1.24 bits per heavy atom. The third-order valence-electron chi connectivity index (χ3n) is 3.07. The number of hydrogen-bond acceptors (Lipinski definition) is 3. The quantitative estimate of drug-likeness (QED) is 0.915. The second kappa shape index (κ2) is 7.09. The molecule has 0 radical (unpaired) electrons. The van der Waals surface area contributed by atoms with Gasteiger partial charge in [-0.15, -0.1) is 0 Å². The van der Waals surface area contributed by atoms with Gasteiger partial charge in [0.25, 0.3) is 0 Å². The standard InChI is InChI=1S/C16H17ClN2O2/c1-11-3-5-14(9-12(11)2)21-8-7-16(20)19-15-6-4-13(17)10-18-15/h3-6,9-10H,7-8H2,1-2H3,(H,18,19,20). The van der Waals surface area contributed by atoms with Crippen LogP contribution in [0.25, 0.3) is 0 Å². The van der Waals surface area contributed by atoms with Crippen LogP contribution in [0.2, 0.25) is 5.02 Å². The lowest BCUT2D eigenvalue weighted by Crippen LogP contribution is -2.15. The van der Waals surface area contributed by atoms with Crippen LogP contribution >= 0.6 is 11.6 Å². The Morgan fingerprint density at radius 2 is 2.05 bits per heavy atom. The van der Waals surface area contributed by atoms with E-state index in [1.54, 1.807) is 12.1 Å². The van der Waals surface area contributed by atoms with Gasteiger partial charge in [0.1, 0.15) is 11.6 Å². The number of nitrogens with one attached hydrogen (secondary N) is 1. The molecule has 0 saturated heterocycles. The van der Waals surface area contributed by atoms with E-state index in [-0.39, 0.29) is 12.3 Å². The van der Waals surface area contributed by atoms with Crippen LogP contribution in [0.15, 0.2) is 36.5 Å². The minimum Gasteiger partial charge on any atom is -0.493 e. The lowest BCUT2D eigenvalue weighted by Gasteiger charge is -2.08. The van der Waals surface area contributed by atoms with Crippen molar-refractivity contribution in [2.45, 2.75) is 20.3 Å². The molecule has 0 aliphatic carbocycles. The highest BCUT2D eigenvalue weighted by Crippen LogP contribution is 2.16. The van der Waals surface area contributed by atoms with Gasteiger partial charge in [-0.25, -0.2) is 4.98 Å². The number of nitrogens with zero attached hydrogens (tertiary/aromatic N) is 1. The van der Waals surface area contributed by atoms with Gasteiger partial charge in [0, 0.05) is 6.20 Å². The molecule has 110 valence electrons. The summed E-state index contributed by atoms with van der Waals surface area (Å²) in [5, 5.41) is 3.22. The van der Waals surface area contributed by atoms with Crippen LogP contribution in [0.3, 0.4) is 0 Å². The maximum Gasteiger partial charge on any atom is 0.228 e. The first kappa shape index (κ1) is 15.3. The molecule has 0 fully saturated rings. The zero-order chi connectivity index (χ0) is 15.2. The average molecular weight is 305 g/mol. The number of rotatable bonds is 5. The average Bonchev–Trinajstić information content (AvgIpc) is 2.45. The molecular weight excluding hydrogens is 288 g/mol. The fourth-order valence-corrected chi connectivity index (χ4v) is 1.83. The summed E-state index contributed by atoms with van der Waals surface area (Å²) in [5.74, 6) is 1.11. The van der Waals surface area contributed by atoms with E-state index in [0.29, 0.717) is 17.4 Å². The summed E-state index contributed by atoms with van der Waals surface area (Å²) in [4.78, 5) is 15.7. The first-order chi connectivity index (χ1) is 10.0. The molecule has 2 rings (SSSR count). The van der Waals surface area contributed by atoms with Crippen molar-refractivity contribution < 1.29 is 9.53 Å². The van der Waals surface area contributed by atoms with Crippen molar-refractivity contribution >= 4 is 23.3 Å².